The maximum Gasteiger partial charge on any atom is 2.00 e. The smallest absolute Gasteiger partial charge is 0.469 e. The Balaban J connectivity index is -0.0000000649. The van der Waals surface area contributed by atoms with Crippen LogP contribution in [0.15, 0.2) is 0 Å². The molecule has 0 aliphatic carbocycles. The van der Waals surface area contributed by atoms with Gasteiger partial charge in [0.25, 0.3) is 0 Å². The minimum atomic E-state index is -0.900. The third kappa shape index (κ3) is 126. The normalized spacial score (nSPS) is 8.23. The summed E-state index contributed by atoms with van der Waals surface area (Å²) in [4.78, 5) is 127. The van der Waals surface area contributed by atoms with Crippen LogP contribution in [-0.4, -0.2) is 199 Å². The number of ether oxygens (including phenoxy) is 11. The van der Waals surface area contributed by atoms with Crippen molar-refractivity contribution in [2.75, 3.05) is 127 Å². The number of esters is 11. The van der Waals surface area contributed by atoms with E-state index in [1.54, 1.807) is 36.8 Å². The van der Waals surface area contributed by atoms with E-state index in [4.69, 9.17) is 4.74 Å². The summed E-state index contributed by atoms with van der Waals surface area (Å²) in [5.41, 5.74) is 0. The fourth-order valence-electron chi connectivity index (χ4n) is 2.14. The number of carbonyl (C=O) groups excluding carboxylic acids is 12. The molecule has 0 radical (unpaired) electrons. The summed E-state index contributed by atoms with van der Waals surface area (Å²) < 4.78 is 48.7. The molecule has 0 bridgehead atoms. The molecule has 0 heterocycles. The van der Waals surface area contributed by atoms with Crippen molar-refractivity contribution in [3.8, 4) is 0 Å². The molecule has 0 N–H and O–H groups in total. The maximum atomic E-state index is 10.9. The zero-order valence-electron chi connectivity index (χ0n) is 48.6. The predicted molar refractivity (Wildman–Crippen MR) is 310 cm³/mol. The SMILES string of the molecule is CC(C)=O.CCC.CCC.COC(=O)CC(=O)OC.COC(=O)CC(=O)OCOC(=O)CC(=O)OC.CSC.CSCC(=O)OCOC(=O)CSC.CSCOC(=O)CC(=O)OCSC.CSCOC(=O)CSC.[CH3-].[CH3-].[W+2]. The van der Waals surface area contributed by atoms with Gasteiger partial charge in [0.2, 0.25) is 13.6 Å². The van der Waals surface area contributed by atoms with Crippen LogP contribution in [-0.2, 0) is 131 Å². The monoisotopic (exact) mass is 1420 g/mol. The largest absolute Gasteiger partial charge is 2.00 e. The molecule has 0 aromatic rings. The number of thioether (sulfide) groups is 7. The molecule has 0 aliphatic rings. The van der Waals surface area contributed by atoms with Crippen LogP contribution >= 0.6 is 82.3 Å². The zero-order chi connectivity index (χ0) is 59.6. The first-order valence-electron chi connectivity index (χ1n) is 21.1. The molecule has 458 valence electrons. The summed E-state index contributed by atoms with van der Waals surface area (Å²) in [6.45, 7) is 10.6. The minimum absolute atomic E-state index is 0. The van der Waals surface area contributed by atoms with Gasteiger partial charge >= 0.3 is 86.7 Å². The van der Waals surface area contributed by atoms with Crippen LogP contribution in [0, 0.1) is 14.9 Å². The fourth-order valence-corrected chi connectivity index (χ4v) is 3.84. The number of Topliss-reactive ketones (excluding diaryl/α,β-unsaturated/α-hetero) is 1. The topological polar surface area (TPSA) is 306 Å². The first-order chi connectivity index (χ1) is 34.9. The fraction of sp³-hybridized carbons (Fsp3) is 0.696. The Morgan fingerprint density at radius 3 is 0.662 bits per heavy atom. The first-order valence-corrected chi connectivity index (χ1v) is 31.1. The van der Waals surface area contributed by atoms with E-state index < -0.39 is 67.4 Å². The standard InChI is InChI=1S/C9H12O8.2C7H12O4S2.C5H8O4.C5H10O2S2.C3H6O.2C3H8.C2H6S.2CH3.W/c1-14-6(10)3-8(12)16-5-17-9(13)4-7(11)15-2;1-12-3-6(8)10-5-11-7(9)4-13-2;1-12-4-10-6(8)3-7(9)11-5-13-2;1-8-4(6)3-5(7)9-2;1-8-3-5(6)7-4-9-2;1-3(2)4;3*1-3-2;;;/h3-5H2,1-2H3;2*3-5H2,1-2H3;3H2,1-2H3;3-4H2,1-2H3;1-2H3;2*3H2,1-2H3;1-2H3;2*1H3;/q;;;;;;;;;2*-1;+2. The molecule has 0 unspecified atom stereocenters. The number of carbonyl (C=O) groups is 12. The van der Waals surface area contributed by atoms with Crippen LogP contribution in [0.25, 0.3) is 0 Å². The maximum absolute atomic E-state index is 10.9. The van der Waals surface area contributed by atoms with E-state index >= 15 is 0 Å². The van der Waals surface area contributed by atoms with Crippen molar-refractivity contribution < 1.29 is 131 Å². The third-order valence-electron chi connectivity index (χ3n) is 4.74. The zero-order valence-corrected chi connectivity index (χ0v) is 57.2. The van der Waals surface area contributed by atoms with Gasteiger partial charge in [-0.15, -0.1) is 35.3 Å². The van der Waals surface area contributed by atoms with Crippen molar-refractivity contribution in [1.29, 1.82) is 0 Å². The molecule has 0 fully saturated rings. The Morgan fingerprint density at radius 2 is 0.468 bits per heavy atom. The van der Waals surface area contributed by atoms with E-state index in [9.17, 15) is 57.5 Å². The van der Waals surface area contributed by atoms with Gasteiger partial charge in [0.15, 0.2) is 0 Å². The van der Waals surface area contributed by atoms with Crippen molar-refractivity contribution in [2.45, 2.75) is 80.1 Å². The number of methoxy groups -OCH3 is 4. The van der Waals surface area contributed by atoms with Crippen molar-refractivity contribution in [3.63, 3.8) is 0 Å². The number of ketones is 1. The Hall–Kier alpha value is -3.02. The van der Waals surface area contributed by atoms with Gasteiger partial charge in [0.05, 0.1) is 45.7 Å². The van der Waals surface area contributed by atoms with E-state index in [1.807, 2.05) is 25.0 Å². The average molecular weight is 1420 g/mol. The van der Waals surface area contributed by atoms with Crippen LogP contribution in [0.2, 0.25) is 0 Å². The van der Waals surface area contributed by atoms with Gasteiger partial charge in [-0.25, -0.2) is 0 Å². The number of hydrogen-bond acceptors (Lipinski definition) is 30. The van der Waals surface area contributed by atoms with Gasteiger partial charge in [-0.3, -0.25) is 52.7 Å². The molecular weight excluding hydrogens is 1330 g/mol. The summed E-state index contributed by atoms with van der Waals surface area (Å²) in [5.74, 6) is -4.25. The Bertz CT molecular complexity index is 1360. The quantitative estimate of drug-likeness (QED) is 0.0302. The molecule has 0 atom stereocenters. The van der Waals surface area contributed by atoms with Gasteiger partial charge in [0.1, 0.15) is 49.3 Å². The molecule has 0 rings (SSSR count). The third-order valence-corrected chi connectivity index (χ3v) is 7.38. The molecule has 0 saturated carbocycles. The molecule has 31 heteroatoms. The van der Waals surface area contributed by atoms with Gasteiger partial charge in [-0.05, 0) is 63.9 Å². The van der Waals surface area contributed by atoms with Crippen LogP contribution in [0.3, 0.4) is 0 Å². The molecule has 0 spiro atoms. The van der Waals surface area contributed by atoms with Crippen LogP contribution in [0.4, 0.5) is 0 Å². The number of rotatable bonds is 24. The van der Waals surface area contributed by atoms with Crippen molar-refractivity contribution in [1.82, 2.24) is 0 Å². The summed E-state index contributed by atoms with van der Waals surface area (Å²) in [6, 6.07) is 0. The molecule has 0 saturated heterocycles. The predicted octanol–water partition coefficient (Wildman–Crippen LogP) is 7.26. The Morgan fingerprint density at radius 1 is 0.312 bits per heavy atom. The molecule has 23 nitrogen and oxygen atoms in total. The summed E-state index contributed by atoms with van der Waals surface area (Å²) >= 11 is 10.2. The summed E-state index contributed by atoms with van der Waals surface area (Å²) in [7, 11) is 4.66. The minimum Gasteiger partial charge on any atom is -0.469 e. The Kier molecular flexibility index (Phi) is 119. The van der Waals surface area contributed by atoms with Crippen LogP contribution in [0.1, 0.15) is 80.1 Å². The van der Waals surface area contributed by atoms with E-state index in [1.165, 1.54) is 111 Å². The second-order valence-electron chi connectivity index (χ2n) is 12.1. The molecule has 0 aromatic carbocycles. The average Bonchev–Trinajstić information content (AvgIpc) is 3.33. The molecule has 77 heavy (non-hydrogen) atoms. The van der Waals surface area contributed by atoms with E-state index in [-0.39, 0.29) is 103 Å². The molecule has 0 amide bonds. The second-order valence-corrected chi connectivity index (χ2v) is 18.0. The van der Waals surface area contributed by atoms with Gasteiger partial charge in [0, 0.05) is 0 Å². The van der Waals surface area contributed by atoms with Crippen molar-refractivity contribution in [3.05, 3.63) is 14.9 Å². The Labute approximate surface area is 503 Å². The molecule has 0 aliphatic heterocycles. The first kappa shape index (κ1) is 103. The van der Waals surface area contributed by atoms with Gasteiger partial charge < -0.3 is 71.8 Å². The summed E-state index contributed by atoms with van der Waals surface area (Å²) in [5, 5.41) is 0. The second kappa shape index (κ2) is 89.5. The van der Waals surface area contributed by atoms with E-state index in [2.05, 4.69) is 75.1 Å². The van der Waals surface area contributed by atoms with E-state index in [0.29, 0.717) is 11.7 Å². The van der Waals surface area contributed by atoms with Crippen LogP contribution < -0.4 is 0 Å². The van der Waals surface area contributed by atoms with E-state index in [0.717, 1.165) is 14.2 Å². The van der Waals surface area contributed by atoms with Gasteiger partial charge in [-0.2, -0.15) is 47.0 Å². The van der Waals surface area contributed by atoms with Gasteiger partial charge in [-0.1, -0.05) is 40.5 Å². The van der Waals surface area contributed by atoms with Crippen LogP contribution in [0.5, 0.6) is 0 Å². The molecule has 0 aromatic heterocycles. The van der Waals surface area contributed by atoms with Crippen molar-refractivity contribution >= 4 is 154 Å². The summed E-state index contributed by atoms with van der Waals surface area (Å²) in [6.07, 6.45) is 15.8. The van der Waals surface area contributed by atoms with Crippen molar-refractivity contribution in [2.24, 2.45) is 0 Å². The number of hydrogen-bond donors (Lipinski definition) is 0. The molecular formula is C46H88O23S7W.